The molecule has 4 rings (SSSR count). The van der Waals surface area contributed by atoms with Crippen molar-refractivity contribution >= 4 is 73.5 Å². The number of amides is 3. The van der Waals surface area contributed by atoms with Crippen molar-refractivity contribution in [3.8, 4) is 0 Å². The Morgan fingerprint density at radius 1 is 0.795 bits per heavy atom. The molecule has 0 bridgehead atoms. The number of alkyl carbamates (subject to hydrolysis) is 1. The first-order chi connectivity index (χ1) is 21.1. The number of anilines is 1. The van der Waals surface area contributed by atoms with Gasteiger partial charge in [0.2, 0.25) is 0 Å². The lowest BCUT2D eigenvalue weighted by Crippen LogP contribution is -2.49. The molecule has 0 unspecified atom stereocenters. The quantitative estimate of drug-likeness (QED) is 0.135. The zero-order chi connectivity index (χ0) is 31.5. The third-order valence-corrected chi connectivity index (χ3v) is 8.38. The molecule has 0 radical (unpaired) electrons. The molecule has 44 heavy (non-hydrogen) atoms. The van der Waals surface area contributed by atoms with E-state index in [1.54, 1.807) is 78.9 Å². The molecular weight excluding hydrogens is 715 g/mol. The summed E-state index contributed by atoms with van der Waals surface area (Å²) in [7, 11) is -4.31. The van der Waals surface area contributed by atoms with E-state index in [1.807, 2.05) is 10.8 Å². The molecule has 226 valence electrons. The normalized spacial score (nSPS) is 11.5. The Morgan fingerprint density at radius 3 is 2.00 bits per heavy atom. The van der Waals surface area contributed by atoms with Gasteiger partial charge in [-0.15, -0.1) is 0 Å². The summed E-state index contributed by atoms with van der Waals surface area (Å²) < 4.78 is 34.4. The maximum absolute atomic E-state index is 13.2. The van der Waals surface area contributed by atoms with Gasteiger partial charge in [0.15, 0.2) is 5.11 Å². The van der Waals surface area contributed by atoms with Crippen molar-refractivity contribution in [1.82, 2.24) is 15.4 Å². The highest BCUT2D eigenvalue weighted by molar-refractivity contribution is 14.1. The second kappa shape index (κ2) is 15.4. The molecule has 3 amide bonds. The molecule has 0 fully saturated rings. The van der Waals surface area contributed by atoms with Gasteiger partial charge in [0.25, 0.3) is 21.8 Å². The second-order valence-electron chi connectivity index (χ2n) is 9.36. The van der Waals surface area contributed by atoms with Gasteiger partial charge in [-0.25, -0.2) is 17.9 Å². The predicted molar refractivity (Wildman–Crippen MR) is 178 cm³/mol. The molecule has 0 heterocycles. The molecule has 0 spiro atoms. The van der Waals surface area contributed by atoms with E-state index < -0.39 is 34.0 Å². The molecule has 0 saturated carbocycles. The summed E-state index contributed by atoms with van der Waals surface area (Å²) in [5.41, 5.74) is 2.29. The first-order valence-corrected chi connectivity index (χ1v) is 16.1. The molecule has 4 N–H and O–H groups in total. The topological polar surface area (TPSA) is 143 Å². The molecule has 10 nitrogen and oxygen atoms in total. The first kappa shape index (κ1) is 32.6. The van der Waals surface area contributed by atoms with Crippen LogP contribution in [0.1, 0.15) is 21.5 Å². The SMILES string of the molecule is O=C(N[C@@H](Cc1ccccc1)C(=O)NS(=O)(=O)c1ccc(NC(=S)NC(=O)c2ccc(I)cc2)cc1)OCc1ccccc1. The lowest BCUT2D eigenvalue weighted by atomic mass is 10.1. The van der Waals surface area contributed by atoms with Crippen LogP contribution in [-0.2, 0) is 32.6 Å². The van der Waals surface area contributed by atoms with Gasteiger partial charge in [-0.3, -0.25) is 14.9 Å². The smallest absolute Gasteiger partial charge is 0.408 e. The van der Waals surface area contributed by atoms with Gasteiger partial charge in [0.05, 0.1) is 4.90 Å². The summed E-state index contributed by atoms with van der Waals surface area (Å²) in [6, 6.07) is 28.9. The second-order valence-corrected chi connectivity index (χ2v) is 12.7. The number of hydrogen-bond acceptors (Lipinski definition) is 7. The van der Waals surface area contributed by atoms with E-state index in [0.29, 0.717) is 16.8 Å². The zero-order valence-corrected chi connectivity index (χ0v) is 26.8. The molecule has 1 atom stereocenters. The van der Waals surface area contributed by atoms with Crippen molar-refractivity contribution < 1.29 is 27.5 Å². The third-order valence-electron chi connectivity index (χ3n) is 6.09. The maximum atomic E-state index is 13.2. The minimum absolute atomic E-state index is 0.0199. The summed E-state index contributed by atoms with van der Waals surface area (Å²) in [5, 5.41) is 7.87. The Balaban J connectivity index is 1.38. The third kappa shape index (κ3) is 9.86. The highest BCUT2D eigenvalue weighted by Gasteiger charge is 2.27. The van der Waals surface area contributed by atoms with Gasteiger partial charge >= 0.3 is 6.09 Å². The van der Waals surface area contributed by atoms with E-state index in [0.717, 1.165) is 9.13 Å². The van der Waals surface area contributed by atoms with Crippen LogP contribution in [0.5, 0.6) is 0 Å². The maximum Gasteiger partial charge on any atom is 0.408 e. The number of halogens is 1. The number of rotatable bonds is 10. The predicted octanol–water partition coefficient (Wildman–Crippen LogP) is 4.76. The van der Waals surface area contributed by atoms with Gasteiger partial charge < -0.3 is 15.4 Å². The minimum atomic E-state index is -4.31. The van der Waals surface area contributed by atoms with Crippen LogP contribution in [0.3, 0.4) is 0 Å². The summed E-state index contributed by atoms with van der Waals surface area (Å²) in [6.45, 7) is -0.0240. The largest absolute Gasteiger partial charge is 0.445 e. The highest BCUT2D eigenvalue weighted by atomic mass is 127. The monoisotopic (exact) mass is 742 g/mol. The number of thiocarbonyl (C=S) groups is 1. The molecule has 0 aliphatic heterocycles. The molecule has 0 saturated heterocycles. The molecule has 13 heteroatoms. The number of nitrogens with one attached hydrogen (secondary N) is 4. The summed E-state index contributed by atoms with van der Waals surface area (Å²) in [6.07, 6.45) is -0.848. The van der Waals surface area contributed by atoms with E-state index >= 15 is 0 Å². The lowest BCUT2D eigenvalue weighted by molar-refractivity contribution is -0.121. The summed E-state index contributed by atoms with van der Waals surface area (Å²) in [5.74, 6) is -1.34. The Kier molecular flexibility index (Phi) is 11.4. The van der Waals surface area contributed by atoms with Crippen molar-refractivity contribution in [3.05, 3.63) is 129 Å². The van der Waals surface area contributed by atoms with Crippen molar-refractivity contribution in [1.29, 1.82) is 0 Å². The number of hydrogen-bond donors (Lipinski definition) is 4. The van der Waals surface area contributed by atoms with Crippen LogP contribution in [0.25, 0.3) is 0 Å². The molecule has 4 aromatic carbocycles. The van der Waals surface area contributed by atoms with Crippen molar-refractivity contribution in [2.45, 2.75) is 24.0 Å². The van der Waals surface area contributed by atoms with Crippen LogP contribution in [-0.4, -0.2) is 37.5 Å². The molecule has 4 aromatic rings. The van der Waals surface area contributed by atoms with Crippen molar-refractivity contribution in [2.75, 3.05) is 5.32 Å². The Morgan fingerprint density at radius 2 is 1.39 bits per heavy atom. The average Bonchev–Trinajstić information content (AvgIpc) is 3.01. The van der Waals surface area contributed by atoms with E-state index in [-0.39, 0.29) is 23.0 Å². The zero-order valence-electron chi connectivity index (χ0n) is 23.0. The molecule has 0 aliphatic rings. The summed E-state index contributed by atoms with van der Waals surface area (Å²) in [4.78, 5) is 37.9. The fourth-order valence-corrected chi connectivity index (χ4v) is 5.47. The highest BCUT2D eigenvalue weighted by Crippen LogP contribution is 2.15. The minimum Gasteiger partial charge on any atom is -0.445 e. The van der Waals surface area contributed by atoms with Crippen LogP contribution in [0.4, 0.5) is 10.5 Å². The number of sulfonamides is 1. The number of ether oxygens (including phenoxy) is 1. The van der Waals surface area contributed by atoms with Crippen LogP contribution in [0.2, 0.25) is 0 Å². The fraction of sp³-hybridized carbons (Fsp3) is 0.0968. The molecule has 0 aliphatic carbocycles. The van der Waals surface area contributed by atoms with Gasteiger partial charge in [0, 0.05) is 21.2 Å². The van der Waals surface area contributed by atoms with Crippen molar-refractivity contribution in [3.63, 3.8) is 0 Å². The lowest BCUT2D eigenvalue weighted by Gasteiger charge is -2.19. The Hall–Kier alpha value is -4.34. The van der Waals surface area contributed by atoms with E-state index in [1.165, 1.54) is 24.3 Å². The van der Waals surface area contributed by atoms with E-state index in [2.05, 4.69) is 38.5 Å². The van der Waals surface area contributed by atoms with E-state index in [4.69, 9.17) is 17.0 Å². The average molecular weight is 743 g/mol. The van der Waals surface area contributed by atoms with Crippen LogP contribution < -0.4 is 20.7 Å². The molecule has 0 aromatic heterocycles. The first-order valence-electron chi connectivity index (χ1n) is 13.1. The van der Waals surface area contributed by atoms with Gasteiger partial charge in [0.1, 0.15) is 12.6 Å². The number of benzene rings is 4. The van der Waals surface area contributed by atoms with E-state index in [9.17, 15) is 22.8 Å². The summed E-state index contributed by atoms with van der Waals surface area (Å²) >= 11 is 7.33. The van der Waals surface area contributed by atoms with Gasteiger partial charge in [-0.1, -0.05) is 60.7 Å². The Labute approximate surface area is 273 Å². The van der Waals surface area contributed by atoms with Crippen LogP contribution in [0.15, 0.2) is 114 Å². The number of carbonyl (C=O) groups is 3. The van der Waals surface area contributed by atoms with Gasteiger partial charge in [-0.05, 0) is 94.5 Å². The van der Waals surface area contributed by atoms with Crippen molar-refractivity contribution in [2.24, 2.45) is 0 Å². The van der Waals surface area contributed by atoms with Gasteiger partial charge in [-0.2, -0.15) is 0 Å². The van der Waals surface area contributed by atoms with Crippen LogP contribution in [0, 0.1) is 3.57 Å². The van der Waals surface area contributed by atoms with Crippen LogP contribution >= 0.6 is 34.8 Å². The molecular formula is C31H27IN4O6S2. The number of carbonyl (C=O) groups excluding carboxylic acids is 3. The standard InChI is InChI=1S/C31H27IN4O6S2/c32-24-13-11-23(12-14-24)28(37)35-30(43)33-25-15-17-26(18-16-25)44(40,41)36-29(38)27(19-21-7-3-1-4-8-21)34-31(39)42-20-22-9-5-2-6-10-22/h1-18,27H,19-20H2,(H,34,39)(H,36,38)(H2,33,35,37,43)/t27-/m0/s1. The fourth-order valence-electron chi connectivity index (χ4n) is 3.88. The Bertz CT molecular complexity index is 1720.